The maximum absolute atomic E-state index is 13.2. The van der Waals surface area contributed by atoms with Gasteiger partial charge in [-0.25, -0.2) is 4.39 Å². The van der Waals surface area contributed by atoms with E-state index in [4.69, 9.17) is 5.11 Å². The molecule has 2 aromatic rings. The summed E-state index contributed by atoms with van der Waals surface area (Å²) in [5, 5.41) is 8.68. The van der Waals surface area contributed by atoms with Crippen molar-refractivity contribution in [2.24, 2.45) is 0 Å². The Morgan fingerprint density at radius 2 is 1.90 bits per heavy atom. The fourth-order valence-electron chi connectivity index (χ4n) is 1.99. The van der Waals surface area contributed by atoms with E-state index in [1.54, 1.807) is 6.07 Å². The van der Waals surface area contributed by atoms with E-state index >= 15 is 0 Å². The molecule has 21 heavy (non-hydrogen) atoms. The van der Waals surface area contributed by atoms with Crippen molar-refractivity contribution in [2.45, 2.75) is 13.0 Å². The Balaban J connectivity index is 2.02. The lowest BCUT2D eigenvalue weighted by molar-refractivity contribution is 0.305. The molecule has 0 bridgehead atoms. The number of hydrogen-bond acceptors (Lipinski definition) is 2. The minimum absolute atomic E-state index is 0.0868. The van der Waals surface area contributed by atoms with E-state index < -0.39 is 0 Å². The first-order chi connectivity index (χ1) is 10.2. The van der Waals surface area contributed by atoms with Crippen molar-refractivity contribution in [2.75, 3.05) is 18.6 Å². The van der Waals surface area contributed by atoms with E-state index in [-0.39, 0.29) is 12.4 Å². The highest BCUT2D eigenvalue weighted by molar-refractivity contribution is 5.46. The summed E-state index contributed by atoms with van der Waals surface area (Å²) in [6.07, 6.45) is 0.490. The molecular weight excluding hydrogens is 265 g/mol. The van der Waals surface area contributed by atoms with E-state index in [1.165, 1.54) is 12.1 Å². The molecule has 1 N–H and O–H groups in total. The molecule has 0 saturated heterocycles. The van der Waals surface area contributed by atoms with Crippen LogP contribution in [-0.4, -0.2) is 18.8 Å². The third kappa shape index (κ3) is 4.62. The number of nitrogens with zero attached hydrogens (tertiary/aromatic N) is 1. The molecule has 0 fully saturated rings. The fourth-order valence-corrected chi connectivity index (χ4v) is 1.99. The van der Waals surface area contributed by atoms with Crippen LogP contribution in [0.4, 0.5) is 10.1 Å². The van der Waals surface area contributed by atoms with Crippen LogP contribution >= 0.6 is 0 Å². The van der Waals surface area contributed by atoms with Crippen LogP contribution in [-0.2, 0) is 6.54 Å². The lowest BCUT2D eigenvalue weighted by Crippen LogP contribution is -2.16. The standard InChI is InChI=1S/C18H18FNO/c1-20(18-7-4-6-17(19)13-18)14-16-10-8-15(9-11-16)5-2-3-12-21/h4,6-11,13,21H,3,12,14H2,1H3. The summed E-state index contributed by atoms with van der Waals surface area (Å²) in [6, 6.07) is 14.5. The van der Waals surface area contributed by atoms with Gasteiger partial charge in [-0.2, -0.15) is 0 Å². The van der Waals surface area contributed by atoms with Gasteiger partial charge in [-0.05, 0) is 35.9 Å². The van der Waals surface area contributed by atoms with Gasteiger partial charge in [0.1, 0.15) is 5.82 Å². The van der Waals surface area contributed by atoms with Crippen molar-refractivity contribution in [3.8, 4) is 11.8 Å². The van der Waals surface area contributed by atoms with Crippen LogP contribution in [0, 0.1) is 17.7 Å². The normalized spacial score (nSPS) is 9.86. The summed E-state index contributed by atoms with van der Waals surface area (Å²) < 4.78 is 13.2. The highest BCUT2D eigenvalue weighted by atomic mass is 19.1. The molecule has 0 radical (unpaired) electrons. The van der Waals surface area contributed by atoms with E-state index in [9.17, 15) is 4.39 Å². The van der Waals surface area contributed by atoms with Crippen molar-refractivity contribution in [3.05, 3.63) is 65.5 Å². The molecule has 0 atom stereocenters. The summed E-state index contributed by atoms with van der Waals surface area (Å²) in [5.41, 5.74) is 2.91. The van der Waals surface area contributed by atoms with Crippen molar-refractivity contribution in [1.82, 2.24) is 0 Å². The molecule has 0 aliphatic heterocycles. The van der Waals surface area contributed by atoms with Gasteiger partial charge in [0.15, 0.2) is 0 Å². The molecular formula is C18H18FNO. The second kappa shape index (κ2) is 7.47. The lowest BCUT2D eigenvalue weighted by atomic mass is 10.1. The summed E-state index contributed by atoms with van der Waals surface area (Å²) in [4.78, 5) is 2.00. The molecule has 0 aliphatic carbocycles. The largest absolute Gasteiger partial charge is 0.395 e. The van der Waals surface area contributed by atoms with E-state index in [0.717, 1.165) is 16.8 Å². The predicted octanol–water partition coefficient (Wildman–Crippen LogP) is 3.20. The topological polar surface area (TPSA) is 23.5 Å². The maximum atomic E-state index is 13.2. The third-order valence-electron chi connectivity index (χ3n) is 3.09. The van der Waals surface area contributed by atoms with Crippen molar-refractivity contribution < 1.29 is 9.50 Å². The van der Waals surface area contributed by atoms with Crippen LogP contribution in [0.2, 0.25) is 0 Å². The predicted molar refractivity (Wildman–Crippen MR) is 83.5 cm³/mol. The highest BCUT2D eigenvalue weighted by Crippen LogP contribution is 2.16. The zero-order chi connectivity index (χ0) is 15.1. The molecule has 0 saturated carbocycles. The summed E-state index contributed by atoms with van der Waals surface area (Å²) in [6.45, 7) is 0.789. The molecule has 108 valence electrons. The van der Waals surface area contributed by atoms with Crippen LogP contribution in [0.5, 0.6) is 0 Å². The van der Waals surface area contributed by atoms with E-state index in [0.29, 0.717) is 13.0 Å². The van der Waals surface area contributed by atoms with Crippen LogP contribution < -0.4 is 4.90 Å². The van der Waals surface area contributed by atoms with Gasteiger partial charge < -0.3 is 10.0 Å². The zero-order valence-electron chi connectivity index (χ0n) is 12.0. The number of hydrogen-bond donors (Lipinski definition) is 1. The van der Waals surface area contributed by atoms with Gasteiger partial charge >= 0.3 is 0 Å². The molecule has 2 rings (SSSR count). The average molecular weight is 283 g/mol. The number of aliphatic hydroxyl groups excluding tert-OH is 1. The lowest BCUT2D eigenvalue weighted by Gasteiger charge is -2.19. The first-order valence-corrected chi connectivity index (χ1v) is 6.84. The van der Waals surface area contributed by atoms with Gasteiger partial charge in [0, 0.05) is 31.3 Å². The van der Waals surface area contributed by atoms with Gasteiger partial charge in [0.2, 0.25) is 0 Å². The smallest absolute Gasteiger partial charge is 0.125 e. The molecule has 0 aliphatic rings. The molecule has 0 unspecified atom stereocenters. The van der Waals surface area contributed by atoms with Crippen LogP contribution in [0.25, 0.3) is 0 Å². The molecule has 0 heterocycles. The zero-order valence-corrected chi connectivity index (χ0v) is 12.0. The number of rotatable bonds is 4. The molecule has 0 amide bonds. The van der Waals surface area contributed by atoms with Gasteiger partial charge in [-0.1, -0.05) is 30.0 Å². The maximum Gasteiger partial charge on any atom is 0.125 e. The van der Waals surface area contributed by atoms with E-state index in [2.05, 4.69) is 11.8 Å². The Kier molecular flexibility index (Phi) is 5.36. The van der Waals surface area contributed by atoms with Crippen molar-refractivity contribution >= 4 is 5.69 Å². The van der Waals surface area contributed by atoms with Gasteiger partial charge in [-0.3, -0.25) is 0 Å². The first-order valence-electron chi connectivity index (χ1n) is 6.84. The van der Waals surface area contributed by atoms with Crippen LogP contribution in [0.15, 0.2) is 48.5 Å². The second-order valence-electron chi connectivity index (χ2n) is 4.81. The molecule has 0 aromatic heterocycles. The Labute approximate surface area is 124 Å². The Hall–Kier alpha value is -2.31. The Bertz CT molecular complexity index is 640. The minimum Gasteiger partial charge on any atom is -0.395 e. The van der Waals surface area contributed by atoms with Crippen LogP contribution in [0.3, 0.4) is 0 Å². The third-order valence-corrected chi connectivity index (χ3v) is 3.09. The summed E-state index contributed by atoms with van der Waals surface area (Å²) in [7, 11) is 1.93. The highest BCUT2D eigenvalue weighted by Gasteiger charge is 2.03. The SMILES string of the molecule is CN(Cc1ccc(C#CCCO)cc1)c1cccc(F)c1. The number of anilines is 1. The first kappa shape index (κ1) is 15.1. The fraction of sp³-hybridized carbons (Fsp3) is 0.222. The summed E-state index contributed by atoms with van der Waals surface area (Å²) in [5.74, 6) is 5.66. The molecule has 0 spiro atoms. The van der Waals surface area contributed by atoms with Gasteiger partial charge in [-0.15, -0.1) is 0 Å². The van der Waals surface area contributed by atoms with Crippen molar-refractivity contribution in [1.29, 1.82) is 0 Å². The number of halogens is 1. The van der Waals surface area contributed by atoms with Gasteiger partial charge in [0.25, 0.3) is 0 Å². The Morgan fingerprint density at radius 1 is 1.14 bits per heavy atom. The summed E-state index contributed by atoms with van der Waals surface area (Å²) >= 11 is 0. The Morgan fingerprint density at radius 3 is 2.57 bits per heavy atom. The molecule has 2 aromatic carbocycles. The molecule has 3 heteroatoms. The number of aliphatic hydroxyl groups is 1. The number of benzene rings is 2. The quantitative estimate of drug-likeness (QED) is 0.871. The van der Waals surface area contributed by atoms with E-state index in [1.807, 2.05) is 42.3 Å². The average Bonchev–Trinajstić information content (AvgIpc) is 2.49. The second-order valence-corrected chi connectivity index (χ2v) is 4.81. The van der Waals surface area contributed by atoms with Crippen LogP contribution in [0.1, 0.15) is 17.5 Å². The molecule has 2 nitrogen and oxygen atoms in total. The van der Waals surface area contributed by atoms with Gasteiger partial charge in [0.05, 0.1) is 6.61 Å². The monoisotopic (exact) mass is 283 g/mol. The minimum atomic E-state index is -0.228. The van der Waals surface area contributed by atoms with Crippen molar-refractivity contribution in [3.63, 3.8) is 0 Å².